The zero-order valence-electron chi connectivity index (χ0n) is 10.7. The molecule has 7 heteroatoms. The molecular weight excluding hydrogens is 291 g/mol. The second kappa shape index (κ2) is 7.19. The Labute approximate surface area is 118 Å². The molecule has 0 heterocycles. The molecule has 0 radical (unpaired) electrons. The SMILES string of the molecule is CCS(=O)(=O)CCCC(NN)c1cccc(F)c1Cl. The molecule has 108 valence electrons. The summed E-state index contributed by atoms with van der Waals surface area (Å²) in [5.74, 6) is 5.12. The molecular formula is C12H18ClFN2O2S. The van der Waals surface area contributed by atoms with E-state index in [4.69, 9.17) is 17.4 Å². The van der Waals surface area contributed by atoms with Crippen molar-refractivity contribution in [3.63, 3.8) is 0 Å². The van der Waals surface area contributed by atoms with E-state index in [-0.39, 0.29) is 22.6 Å². The summed E-state index contributed by atoms with van der Waals surface area (Å²) < 4.78 is 36.1. The van der Waals surface area contributed by atoms with Crippen LogP contribution in [0.15, 0.2) is 18.2 Å². The van der Waals surface area contributed by atoms with Crippen LogP contribution in [0.5, 0.6) is 0 Å². The van der Waals surface area contributed by atoms with E-state index in [1.807, 2.05) is 0 Å². The average Bonchev–Trinajstić information content (AvgIpc) is 2.38. The second-order valence-electron chi connectivity index (χ2n) is 4.24. The molecule has 1 aromatic carbocycles. The number of hydrogen-bond acceptors (Lipinski definition) is 4. The third-order valence-corrected chi connectivity index (χ3v) is 5.14. The lowest BCUT2D eigenvalue weighted by atomic mass is 10.0. The quantitative estimate of drug-likeness (QED) is 0.598. The van der Waals surface area contributed by atoms with E-state index < -0.39 is 15.7 Å². The Morgan fingerprint density at radius 1 is 1.47 bits per heavy atom. The first-order valence-electron chi connectivity index (χ1n) is 6.01. The predicted octanol–water partition coefficient (Wildman–Crippen LogP) is 2.20. The molecule has 1 atom stereocenters. The summed E-state index contributed by atoms with van der Waals surface area (Å²) in [4.78, 5) is 0. The molecule has 1 rings (SSSR count). The fraction of sp³-hybridized carbons (Fsp3) is 0.500. The largest absolute Gasteiger partial charge is 0.271 e. The van der Waals surface area contributed by atoms with Gasteiger partial charge in [0.2, 0.25) is 0 Å². The minimum absolute atomic E-state index is 0.0174. The van der Waals surface area contributed by atoms with E-state index in [0.29, 0.717) is 18.4 Å². The van der Waals surface area contributed by atoms with Crippen LogP contribution in [-0.2, 0) is 9.84 Å². The standard InChI is InChI=1S/C12H18ClFN2O2S/c1-2-19(17,18)8-4-7-11(16-15)9-5-3-6-10(14)12(9)13/h3,5-6,11,16H,2,4,7-8,15H2,1H3. The van der Waals surface area contributed by atoms with E-state index in [2.05, 4.69) is 5.43 Å². The number of nitrogens with two attached hydrogens (primary N) is 1. The summed E-state index contributed by atoms with van der Waals surface area (Å²) >= 11 is 5.87. The highest BCUT2D eigenvalue weighted by atomic mass is 35.5. The predicted molar refractivity (Wildman–Crippen MR) is 75.0 cm³/mol. The molecule has 0 aliphatic heterocycles. The molecule has 1 aromatic rings. The van der Waals surface area contributed by atoms with Gasteiger partial charge in [0.1, 0.15) is 15.7 Å². The Morgan fingerprint density at radius 2 is 2.16 bits per heavy atom. The number of hydrazine groups is 1. The van der Waals surface area contributed by atoms with Crippen molar-refractivity contribution in [2.45, 2.75) is 25.8 Å². The molecule has 3 N–H and O–H groups in total. The van der Waals surface area contributed by atoms with Crippen LogP contribution in [0.4, 0.5) is 4.39 Å². The molecule has 0 amide bonds. The van der Waals surface area contributed by atoms with Crippen molar-refractivity contribution in [2.24, 2.45) is 5.84 Å². The zero-order valence-corrected chi connectivity index (χ0v) is 12.3. The zero-order chi connectivity index (χ0) is 14.5. The minimum atomic E-state index is -3.00. The number of hydrogen-bond donors (Lipinski definition) is 2. The Bertz CT molecular complexity index is 522. The van der Waals surface area contributed by atoms with Crippen molar-refractivity contribution >= 4 is 21.4 Å². The van der Waals surface area contributed by atoms with Crippen LogP contribution < -0.4 is 11.3 Å². The van der Waals surface area contributed by atoms with Crippen molar-refractivity contribution in [2.75, 3.05) is 11.5 Å². The van der Waals surface area contributed by atoms with Crippen LogP contribution in [0.25, 0.3) is 0 Å². The van der Waals surface area contributed by atoms with Crippen LogP contribution in [0.1, 0.15) is 31.4 Å². The van der Waals surface area contributed by atoms with Crippen LogP contribution in [0.3, 0.4) is 0 Å². The van der Waals surface area contributed by atoms with E-state index in [1.54, 1.807) is 19.1 Å². The number of halogens is 2. The highest BCUT2D eigenvalue weighted by Gasteiger charge is 2.17. The number of sulfone groups is 1. The maximum absolute atomic E-state index is 13.3. The average molecular weight is 309 g/mol. The Morgan fingerprint density at radius 3 is 2.74 bits per heavy atom. The van der Waals surface area contributed by atoms with E-state index in [1.165, 1.54) is 6.07 Å². The Kier molecular flexibility index (Phi) is 6.19. The molecule has 0 bridgehead atoms. The van der Waals surface area contributed by atoms with Gasteiger partial charge in [-0.2, -0.15) is 0 Å². The highest BCUT2D eigenvalue weighted by molar-refractivity contribution is 7.91. The summed E-state index contributed by atoms with van der Waals surface area (Å²) in [6, 6.07) is 4.12. The van der Waals surface area contributed by atoms with Crippen molar-refractivity contribution in [1.29, 1.82) is 0 Å². The van der Waals surface area contributed by atoms with Crippen molar-refractivity contribution in [3.05, 3.63) is 34.6 Å². The third kappa shape index (κ3) is 4.72. The molecule has 0 aromatic heterocycles. The lowest BCUT2D eigenvalue weighted by Crippen LogP contribution is -2.29. The second-order valence-corrected chi connectivity index (χ2v) is 7.09. The first-order chi connectivity index (χ1) is 8.91. The van der Waals surface area contributed by atoms with Gasteiger partial charge in [-0.15, -0.1) is 0 Å². The lowest BCUT2D eigenvalue weighted by Gasteiger charge is -2.17. The van der Waals surface area contributed by atoms with Crippen molar-refractivity contribution in [3.8, 4) is 0 Å². The van der Waals surface area contributed by atoms with Gasteiger partial charge in [-0.05, 0) is 24.5 Å². The molecule has 4 nitrogen and oxygen atoms in total. The summed E-state index contributed by atoms with van der Waals surface area (Å²) in [6.07, 6.45) is 0.913. The van der Waals surface area contributed by atoms with Crippen LogP contribution in [0.2, 0.25) is 5.02 Å². The highest BCUT2D eigenvalue weighted by Crippen LogP contribution is 2.27. The number of nitrogens with one attached hydrogen (secondary N) is 1. The molecule has 0 saturated heterocycles. The minimum Gasteiger partial charge on any atom is -0.271 e. The first kappa shape index (κ1) is 16.4. The number of benzene rings is 1. The van der Waals surface area contributed by atoms with E-state index in [0.717, 1.165) is 0 Å². The van der Waals surface area contributed by atoms with Gasteiger partial charge in [-0.3, -0.25) is 11.3 Å². The van der Waals surface area contributed by atoms with E-state index in [9.17, 15) is 12.8 Å². The monoisotopic (exact) mass is 308 g/mol. The van der Waals surface area contributed by atoms with Gasteiger partial charge < -0.3 is 0 Å². The molecule has 0 aliphatic rings. The van der Waals surface area contributed by atoms with Gasteiger partial charge in [-0.1, -0.05) is 30.7 Å². The fourth-order valence-corrected chi connectivity index (χ4v) is 2.92. The fourth-order valence-electron chi connectivity index (χ4n) is 1.77. The smallest absolute Gasteiger partial charge is 0.150 e. The molecule has 0 fully saturated rings. The summed E-state index contributed by atoms with van der Waals surface area (Å²) in [6.45, 7) is 1.61. The van der Waals surface area contributed by atoms with Gasteiger partial charge in [0, 0.05) is 11.8 Å². The first-order valence-corrected chi connectivity index (χ1v) is 8.21. The third-order valence-electron chi connectivity index (χ3n) is 2.95. The van der Waals surface area contributed by atoms with Crippen LogP contribution in [0, 0.1) is 5.82 Å². The van der Waals surface area contributed by atoms with Gasteiger partial charge in [-0.25, -0.2) is 12.8 Å². The summed E-state index contributed by atoms with van der Waals surface area (Å²) in [5.41, 5.74) is 3.08. The van der Waals surface area contributed by atoms with Crippen LogP contribution >= 0.6 is 11.6 Å². The summed E-state index contributed by atoms with van der Waals surface area (Å²) in [5, 5.41) is 0.0174. The maximum Gasteiger partial charge on any atom is 0.150 e. The topological polar surface area (TPSA) is 72.2 Å². The lowest BCUT2D eigenvalue weighted by molar-refractivity contribution is 0.503. The molecule has 0 spiro atoms. The number of rotatable bonds is 7. The van der Waals surface area contributed by atoms with Crippen LogP contribution in [-0.4, -0.2) is 19.9 Å². The van der Waals surface area contributed by atoms with E-state index >= 15 is 0 Å². The molecule has 0 aliphatic carbocycles. The van der Waals surface area contributed by atoms with Gasteiger partial charge in [0.15, 0.2) is 0 Å². The molecule has 19 heavy (non-hydrogen) atoms. The van der Waals surface area contributed by atoms with Gasteiger partial charge in [0.25, 0.3) is 0 Å². The van der Waals surface area contributed by atoms with Crippen molar-refractivity contribution in [1.82, 2.24) is 5.43 Å². The molecule has 0 saturated carbocycles. The van der Waals surface area contributed by atoms with Crippen molar-refractivity contribution < 1.29 is 12.8 Å². The Balaban J connectivity index is 2.71. The maximum atomic E-state index is 13.3. The van der Waals surface area contributed by atoms with Gasteiger partial charge >= 0.3 is 0 Å². The normalized spacial score (nSPS) is 13.5. The van der Waals surface area contributed by atoms with Gasteiger partial charge in [0.05, 0.1) is 10.8 Å². The molecule has 1 unspecified atom stereocenters. The summed E-state index contributed by atoms with van der Waals surface area (Å²) in [7, 11) is -3.00. The Hall–Kier alpha value is -0.690.